The SMILES string of the molecule is CC(Oc1ccc(Cl)cc1Cl)C(=O)NN=Cc1c(F)cccc1Cl. The van der Waals surface area contributed by atoms with E-state index in [2.05, 4.69) is 10.5 Å². The largest absolute Gasteiger partial charge is 0.479 e. The Labute approximate surface area is 153 Å². The van der Waals surface area contributed by atoms with Gasteiger partial charge >= 0.3 is 0 Å². The summed E-state index contributed by atoms with van der Waals surface area (Å²) < 4.78 is 19.0. The van der Waals surface area contributed by atoms with Crippen LogP contribution in [0.1, 0.15) is 12.5 Å². The highest BCUT2D eigenvalue weighted by Gasteiger charge is 2.16. The van der Waals surface area contributed by atoms with Crippen molar-refractivity contribution in [1.82, 2.24) is 5.43 Å². The summed E-state index contributed by atoms with van der Waals surface area (Å²) in [6.45, 7) is 1.52. The van der Waals surface area contributed by atoms with Crippen LogP contribution in [0.3, 0.4) is 0 Å². The first-order valence-corrected chi connectivity index (χ1v) is 7.90. The number of rotatable bonds is 5. The summed E-state index contributed by atoms with van der Waals surface area (Å²) in [6.07, 6.45) is 0.245. The first kappa shape index (κ1) is 18.5. The Bertz CT molecular complexity index is 764. The molecular formula is C16H12Cl3FN2O2. The van der Waals surface area contributed by atoms with E-state index in [0.29, 0.717) is 10.8 Å². The summed E-state index contributed by atoms with van der Waals surface area (Å²) in [4.78, 5) is 11.9. The molecule has 0 aliphatic carbocycles. The predicted octanol–water partition coefficient (Wildman–Crippen LogP) is 4.70. The van der Waals surface area contributed by atoms with Crippen molar-refractivity contribution in [3.05, 3.63) is 62.8 Å². The van der Waals surface area contributed by atoms with Crippen LogP contribution in [0.2, 0.25) is 15.1 Å². The van der Waals surface area contributed by atoms with Gasteiger partial charge in [0.05, 0.1) is 16.3 Å². The van der Waals surface area contributed by atoms with E-state index < -0.39 is 17.8 Å². The molecule has 2 aromatic rings. The van der Waals surface area contributed by atoms with Gasteiger partial charge in [-0.05, 0) is 37.3 Å². The second kappa shape index (κ2) is 8.33. The Balaban J connectivity index is 1.98. The molecule has 0 aromatic heterocycles. The van der Waals surface area contributed by atoms with Crippen molar-refractivity contribution in [3.63, 3.8) is 0 Å². The zero-order chi connectivity index (χ0) is 17.7. The van der Waals surface area contributed by atoms with Gasteiger partial charge in [-0.2, -0.15) is 5.10 Å². The number of amides is 1. The van der Waals surface area contributed by atoms with Gasteiger partial charge in [-0.1, -0.05) is 40.9 Å². The summed E-state index contributed by atoms with van der Waals surface area (Å²) in [6, 6.07) is 8.87. The van der Waals surface area contributed by atoms with Crippen LogP contribution in [0.5, 0.6) is 5.75 Å². The van der Waals surface area contributed by atoms with Crippen LogP contribution in [0, 0.1) is 5.82 Å². The summed E-state index contributed by atoms with van der Waals surface area (Å²) in [5.74, 6) is -0.771. The van der Waals surface area contributed by atoms with Crippen molar-refractivity contribution < 1.29 is 13.9 Å². The number of ether oxygens (including phenoxy) is 1. The number of benzene rings is 2. The molecule has 0 heterocycles. The number of halogens is 4. The van der Waals surface area contributed by atoms with Gasteiger partial charge in [-0.3, -0.25) is 4.79 Å². The number of carbonyl (C=O) groups is 1. The van der Waals surface area contributed by atoms with Crippen molar-refractivity contribution >= 4 is 46.9 Å². The minimum Gasteiger partial charge on any atom is -0.479 e. The van der Waals surface area contributed by atoms with Gasteiger partial charge in [0.1, 0.15) is 11.6 Å². The second-order valence-electron chi connectivity index (χ2n) is 4.70. The van der Waals surface area contributed by atoms with Crippen LogP contribution < -0.4 is 10.2 Å². The van der Waals surface area contributed by atoms with Crippen LogP contribution in [0.15, 0.2) is 41.5 Å². The quantitative estimate of drug-likeness (QED) is 0.595. The zero-order valence-corrected chi connectivity index (χ0v) is 14.7. The average Bonchev–Trinajstić information content (AvgIpc) is 2.52. The third-order valence-electron chi connectivity index (χ3n) is 2.93. The molecule has 2 rings (SSSR count). The minimum atomic E-state index is -0.878. The zero-order valence-electron chi connectivity index (χ0n) is 12.4. The van der Waals surface area contributed by atoms with Crippen LogP contribution in [0.25, 0.3) is 0 Å². The molecule has 0 spiro atoms. The smallest absolute Gasteiger partial charge is 0.280 e. The topological polar surface area (TPSA) is 50.7 Å². The van der Waals surface area contributed by atoms with Crippen LogP contribution >= 0.6 is 34.8 Å². The number of nitrogens with one attached hydrogen (secondary N) is 1. The first-order chi connectivity index (χ1) is 11.4. The van der Waals surface area contributed by atoms with Crippen LogP contribution in [-0.2, 0) is 4.79 Å². The lowest BCUT2D eigenvalue weighted by molar-refractivity contribution is -0.127. The fourth-order valence-corrected chi connectivity index (χ4v) is 2.36. The number of hydrazone groups is 1. The maximum atomic E-state index is 13.6. The van der Waals surface area contributed by atoms with Gasteiger partial charge in [0.2, 0.25) is 0 Å². The van der Waals surface area contributed by atoms with E-state index in [-0.39, 0.29) is 15.6 Å². The van der Waals surface area contributed by atoms with E-state index in [9.17, 15) is 9.18 Å². The maximum Gasteiger partial charge on any atom is 0.280 e. The highest BCUT2D eigenvalue weighted by molar-refractivity contribution is 6.35. The van der Waals surface area contributed by atoms with Gasteiger partial charge in [-0.25, -0.2) is 9.82 Å². The first-order valence-electron chi connectivity index (χ1n) is 6.77. The molecule has 0 fully saturated rings. The molecule has 0 saturated heterocycles. The molecule has 0 radical (unpaired) electrons. The van der Waals surface area contributed by atoms with Crippen molar-refractivity contribution in [1.29, 1.82) is 0 Å². The van der Waals surface area contributed by atoms with E-state index in [1.54, 1.807) is 12.1 Å². The molecule has 0 aliphatic heterocycles. The van der Waals surface area contributed by atoms with E-state index in [1.165, 1.54) is 31.2 Å². The lowest BCUT2D eigenvalue weighted by Gasteiger charge is -2.14. The molecule has 2 aromatic carbocycles. The Morgan fingerprint density at radius 3 is 2.67 bits per heavy atom. The van der Waals surface area contributed by atoms with E-state index in [1.807, 2.05) is 0 Å². The molecule has 0 aliphatic rings. The maximum absolute atomic E-state index is 13.6. The number of carbonyl (C=O) groups excluding carboxylic acids is 1. The third-order valence-corrected chi connectivity index (χ3v) is 3.80. The monoisotopic (exact) mass is 388 g/mol. The Hall–Kier alpha value is -1.82. The van der Waals surface area contributed by atoms with Crippen LogP contribution in [-0.4, -0.2) is 18.2 Å². The third kappa shape index (κ3) is 4.84. The molecule has 1 N–H and O–H groups in total. The van der Waals surface area contributed by atoms with Crippen molar-refractivity contribution in [3.8, 4) is 5.75 Å². The van der Waals surface area contributed by atoms with Crippen molar-refractivity contribution in [2.24, 2.45) is 5.10 Å². The fourth-order valence-electron chi connectivity index (χ4n) is 1.70. The van der Waals surface area contributed by atoms with Gasteiger partial charge in [0, 0.05) is 10.6 Å². The second-order valence-corrected chi connectivity index (χ2v) is 5.96. The predicted molar refractivity (Wildman–Crippen MR) is 93.7 cm³/mol. The van der Waals surface area contributed by atoms with Gasteiger partial charge in [0.25, 0.3) is 5.91 Å². The average molecular weight is 390 g/mol. The Kier molecular flexibility index (Phi) is 6.43. The summed E-state index contributed by atoms with van der Waals surface area (Å²) in [5, 5.41) is 4.60. The van der Waals surface area contributed by atoms with E-state index >= 15 is 0 Å². The van der Waals surface area contributed by atoms with Crippen LogP contribution in [0.4, 0.5) is 4.39 Å². The van der Waals surface area contributed by atoms with Gasteiger partial charge < -0.3 is 4.74 Å². The van der Waals surface area contributed by atoms with E-state index in [4.69, 9.17) is 39.5 Å². The number of hydrogen-bond donors (Lipinski definition) is 1. The molecule has 0 saturated carbocycles. The molecule has 4 nitrogen and oxygen atoms in total. The number of hydrogen-bond acceptors (Lipinski definition) is 3. The Morgan fingerprint density at radius 2 is 2.00 bits per heavy atom. The highest BCUT2D eigenvalue weighted by atomic mass is 35.5. The van der Waals surface area contributed by atoms with Crippen molar-refractivity contribution in [2.75, 3.05) is 0 Å². The standard InChI is InChI=1S/C16H12Cl3FN2O2/c1-9(24-15-6-5-10(17)7-13(15)19)16(23)22-21-8-11-12(18)3-2-4-14(11)20/h2-9H,1H3,(H,22,23). The minimum absolute atomic E-state index is 0.0776. The van der Waals surface area contributed by atoms with Crippen molar-refractivity contribution in [2.45, 2.75) is 13.0 Å². The van der Waals surface area contributed by atoms with Gasteiger partial charge in [0.15, 0.2) is 6.10 Å². The van der Waals surface area contributed by atoms with Gasteiger partial charge in [-0.15, -0.1) is 0 Å². The molecule has 24 heavy (non-hydrogen) atoms. The summed E-state index contributed by atoms with van der Waals surface area (Å²) >= 11 is 17.6. The molecule has 0 bridgehead atoms. The normalized spacial score (nSPS) is 12.2. The van der Waals surface area contributed by atoms with E-state index in [0.717, 1.165) is 6.21 Å². The lowest BCUT2D eigenvalue weighted by Crippen LogP contribution is -2.33. The molecule has 1 unspecified atom stereocenters. The molecule has 1 atom stereocenters. The Morgan fingerprint density at radius 1 is 1.25 bits per heavy atom. The molecule has 8 heteroatoms. The molecule has 126 valence electrons. The fraction of sp³-hybridized carbons (Fsp3) is 0.125. The molecular weight excluding hydrogens is 378 g/mol. The summed E-state index contributed by atoms with van der Waals surface area (Å²) in [7, 11) is 0. The summed E-state index contributed by atoms with van der Waals surface area (Å²) in [5.41, 5.74) is 2.33. The lowest BCUT2D eigenvalue weighted by atomic mass is 10.2. The molecule has 1 amide bonds. The number of nitrogens with zero attached hydrogens (tertiary/aromatic N) is 1. The highest BCUT2D eigenvalue weighted by Crippen LogP contribution is 2.28.